The molecule has 2 aliphatic heterocycles. The molecule has 0 unspecified atom stereocenters. The van der Waals surface area contributed by atoms with Crippen LogP contribution in [0.5, 0.6) is 0 Å². The van der Waals surface area contributed by atoms with Crippen LogP contribution in [0.25, 0.3) is 0 Å². The SMILES string of the molecule is Cc1ccc2c(c1)N(CCCN1CCN(c3ccc([N+](=O)[O-])cc3)CC1)c1ccccc1S2. The molecular formula is C26H28N4O2S. The Labute approximate surface area is 199 Å². The van der Waals surface area contributed by atoms with E-state index in [-0.39, 0.29) is 10.6 Å². The molecule has 0 bridgehead atoms. The van der Waals surface area contributed by atoms with E-state index in [4.69, 9.17) is 0 Å². The van der Waals surface area contributed by atoms with Crippen molar-refractivity contribution in [1.82, 2.24) is 4.90 Å². The number of non-ortho nitro benzene ring substituents is 1. The topological polar surface area (TPSA) is 52.9 Å². The van der Waals surface area contributed by atoms with Crippen LogP contribution in [0.2, 0.25) is 0 Å². The Balaban J connectivity index is 1.18. The van der Waals surface area contributed by atoms with Crippen molar-refractivity contribution in [3.63, 3.8) is 0 Å². The maximum absolute atomic E-state index is 10.9. The Morgan fingerprint density at radius 1 is 0.879 bits per heavy atom. The maximum atomic E-state index is 10.9. The van der Waals surface area contributed by atoms with Crippen LogP contribution in [-0.4, -0.2) is 49.1 Å². The van der Waals surface area contributed by atoms with Gasteiger partial charge < -0.3 is 9.80 Å². The van der Waals surface area contributed by atoms with Gasteiger partial charge in [-0.25, -0.2) is 0 Å². The Hall–Kier alpha value is -3.03. The number of para-hydroxylation sites is 1. The van der Waals surface area contributed by atoms with Gasteiger partial charge in [-0.1, -0.05) is 30.0 Å². The first-order chi connectivity index (χ1) is 16.1. The summed E-state index contributed by atoms with van der Waals surface area (Å²) in [6.45, 7) is 8.15. The number of fused-ring (bicyclic) bond motifs is 2. The lowest BCUT2D eigenvalue weighted by molar-refractivity contribution is -0.384. The van der Waals surface area contributed by atoms with E-state index in [1.807, 2.05) is 23.9 Å². The van der Waals surface area contributed by atoms with Gasteiger partial charge >= 0.3 is 0 Å². The molecule has 0 atom stereocenters. The Morgan fingerprint density at radius 3 is 2.36 bits per heavy atom. The van der Waals surface area contributed by atoms with Crippen LogP contribution in [0.15, 0.2) is 76.5 Å². The zero-order valence-electron chi connectivity index (χ0n) is 18.8. The molecule has 0 radical (unpaired) electrons. The van der Waals surface area contributed by atoms with E-state index in [0.29, 0.717) is 0 Å². The second-order valence-corrected chi connectivity index (χ2v) is 9.73. The third kappa shape index (κ3) is 4.70. The molecule has 2 heterocycles. The van der Waals surface area contributed by atoms with Crippen LogP contribution in [0, 0.1) is 17.0 Å². The van der Waals surface area contributed by atoms with E-state index in [2.05, 4.69) is 64.1 Å². The average molecular weight is 461 g/mol. The number of hydrogen-bond donors (Lipinski definition) is 0. The molecule has 6 nitrogen and oxygen atoms in total. The minimum Gasteiger partial charge on any atom is -0.369 e. The first kappa shape index (κ1) is 21.8. The predicted molar refractivity (Wildman–Crippen MR) is 135 cm³/mol. The molecule has 1 fully saturated rings. The first-order valence-corrected chi connectivity index (χ1v) is 12.3. The predicted octanol–water partition coefficient (Wildman–Crippen LogP) is 5.72. The molecule has 3 aromatic rings. The molecule has 2 aliphatic rings. The summed E-state index contributed by atoms with van der Waals surface area (Å²) >= 11 is 1.86. The van der Waals surface area contributed by atoms with E-state index in [1.165, 1.54) is 26.7 Å². The monoisotopic (exact) mass is 460 g/mol. The molecule has 0 aliphatic carbocycles. The minimum absolute atomic E-state index is 0.145. The number of hydrogen-bond acceptors (Lipinski definition) is 6. The van der Waals surface area contributed by atoms with Crippen LogP contribution >= 0.6 is 11.8 Å². The lowest BCUT2D eigenvalue weighted by atomic mass is 10.1. The Bertz CT molecular complexity index is 1140. The molecule has 1 saturated heterocycles. The smallest absolute Gasteiger partial charge is 0.269 e. The summed E-state index contributed by atoms with van der Waals surface area (Å²) in [7, 11) is 0. The van der Waals surface area contributed by atoms with Crippen molar-refractivity contribution in [1.29, 1.82) is 0 Å². The zero-order chi connectivity index (χ0) is 22.8. The fourth-order valence-corrected chi connectivity index (χ4v) is 5.72. The highest BCUT2D eigenvalue weighted by Gasteiger charge is 2.24. The van der Waals surface area contributed by atoms with E-state index >= 15 is 0 Å². The van der Waals surface area contributed by atoms with Gasteiger partial charge in [-0.15, -0.1) is 0 Å². The molecule has 170 valence electrons. The second-order valence-electron chi connectivity index (χ2n) is 8.65. The number of nitrogens with zero attached hydrogens (tertiary/aromatic N) is 4. The molecule has 0 aromatic heterocycles. The van der Waals surface area contributed by atoms with Crippen molar-refractivity contribution in [2.45, 2.75) is 23.1 Å². The van der Waals surface area contributed by atoms with Gasteiger partial charge in [0.25, 0.3) is 5.69 Å². The number of anilines is 3. The van der Waals surface area contributed by atoms with Crippen molar-refractivity contribution in [3.05, 3.63) is 82.4 Å². The largest absolute Gasteiger partial charge is 0.369 e. The summed E-state index contributed by atoms with van der Waals surface area (Å²) < 4.78 is 0. The van der Waals surface area contributed by atoms with Crippen LogP contribution < -0.4 is 9.80 Å². The lowest BCUT2D eigenvalue weighted by Gasteiger charge is -2.37. The molecule has 33 heavy (non-hydrogen) atoms. The van der Waals surface area contributed by atoms with Gasteiger partial charge in [0.05, 0.1) is 16.3 Å². The Kier molecular flexibility index (Phi) is 6.24. The van der Waals surface area contributed by atoms with E-state index in [1.54, 1.807) is 12.1 Å². The van der Waals surface area contributed by atoms with Crippen LogP contribution in [-0.2, 0) is 0 Å². The van der Waals surface area contributed by atoms with Gasteiger partial charge in [0.15, 0.2) is 0 Å². The van der Waals surface area contributed by atoms with E-state index in [9.17, 15) is 10.1 Å². The summed E-state index contributed by atoms with van der Waals surface area (Å²) in [4.78, 5) is 20.5. The van der Waals surface area contributed by atoms with Gasteiger partial charge in [0.2, 0.25) is 0 Å². The highest BCUT2D eigenvalue weighted by Crippen LogP contribution is 2.48. The molecule has 0 N–H and O–H groups in total. The number of nitro benzene ring substituents is 1. The summed E-state index contributed by atoms with van der Waals surface area (Å²) in [5, 5.41) is 10.9. The van der Waals surface area contributed by atoms with Gasteiger partial charge in [-0.3, -0.25) is 15.0 Å². The number of piperazine rings is 1. The zero-order valence-corrected chi connectivity index (χ0v) is 19.6. The first-order valence-electron chi connectivity index (χ1n) is 11.5. The van der Waals surface area contributed by atoms with Crippen LogP contribution in [0.1, 0.15) is 12.0 Å². The van der Waals surface area contributed by atoms with Crippen molar-refractivity contribution in [2.75, 3.05) is 49.1 Å². The average Bonchev–Trinajstić information content (AvgIpc) is 2.84. The molecule has 7 heteroatoms. The van der Waals surface area contributed by atoms with E-state index < -0.39 is 0 Å². The number of benzene rings is 3. The third-order valence-corrected chi connectivity index (χ3v) is 7.57. The number of rotatable bonds is 6. The van der Waals surface area contributed by atoms with Crippen molar-refractivity contribution < 1.29 is 4.92 Å². The second kappa shape index (κ2) is 9.45. The lowest BCUT2D eigenvalue weighted by Crippen LogP contribution is -2.47. The Morgan fingerprint density at radius 2 is 1.61 bits per heavy atom. The summed E-state index contributed by atoms with van der Waals surface area (Å²) in [5.41, 5.74) is 5.13. The van der Waals surface area contributed by atoms with Gasteiger partial charge in [0.1, 0.15) is 0 Å². The van der Waals surface area contributed by atoms with Gasteiger partial charge in [0, 0.05) is 60.3 Å². The fourth-order valence-electron chi connectivity index (χ4n) is 4.65. The molecular weight excluding hydrogens is 432 g/mol. The molecule has 0 saturated carbocycles. The summed E-state index contributed by atoms with van der Waals surface area (Å²) in [5.74, 6) is 0. The summed E-state index contributed by atoms with van der Waals surface area (Å²) in [6, 6.07) is 22.4. The molecule has 3 aromatic carbocycles. The number of aryl methyl sites for hydroxylation is 1. The fraction of sp³-hybridized carbons (Fsp3) is 0.308. The number of nitro groups is 1. The van der Waals surface area contributed by atoms with Crippen LogP contribution in [0.3, 0.4) is 0 Å². The van der Waals surface area contributed by atoms with Crippen molar-refractivity contribution in [2.24, 2.45) is 0 Å². The highest BCUT2D eigenvalue weighted by molar-refractivity contribution is 7.99. The highest BCUT2D eigenvalue weighted by atomic mass is 32.2. The quantitative estimate of drug-likeness (QED) is 0.346. The van der Waals surface area contributed by atoms with Gasteiger partial charge in [-0.2, -0.15) is 0 Å². The molecule has 0 amide bonds. The van der Waals surface area contributed by atoms with Crippen molar-refractivity contribution >= 4 is 34.5 Å². The molecule has 0 spiro atoms. The summed E-state index contributed by atoms with van der Waals surface area (Å²) in [6.07, 6.45) is 1.10. The normalized spacial score (nSPS) is 15.8. The standard InChI is InChI=1S/C26H28N4O2S/c1-20-7-12-26-24(19-20)29(23-5-2-3-6-25(23)33-26)14-4-13-27-15-17-28(18-16-27)21-8-10-22(11-9-21)30(31)32/h2-3,5-12,19H,4,13-18H2,1H3. The van der Waals surface area contributed by atoms with Gasteiger partial charge in [-0.05, 0) is 61.9 Å². The van der Waals surface area contributed by atoms with E-state index in [0.717, 1.165) is 51.4 Å². The molecule has 5 rings (SSSR count). The third-order valence-electron chi connectivity index (χ3n) is 6.44. The van der Waals surface area contributed by atoms with Crippen molar-refractivity contribution in [3.8, 4) is 0 Å². The maximum Gasteiger partial charge on any atom is 0.269 e. The minimum atomic E-state index is -0.346. The van der Waals surface area contributed by atoms with Crippen LogP contribution in [0.4, 0.5) is 22.7 Å².